The summed E-state index contributed by atoms with van der Waals surface area (Å²) in [5.74, 6) is 1.07. The lowest BCUT2D eigenvalue weighted by atomic mass is 9.98. The van der Waals surface area contributed by atoms with E-state index in [0.29, 0.717) is 11.8 Å². The number of methoxy groups -OCH3 is 1. The molecule has 1 aliphatic rings. The Balaban J connectivity index is 2.45. The van der Waals surface area contributed by atoms with E-state index in [-0.39, 0.29) is 6.04 Å². The molecule has 0 aromatic carbocycles. The van der Waals surface area contributed by atoms with Crippen LogP contribution in [0.2, 0.25) is 0 Å². The number of rotatable bonds is 3. The SMILES string of the molecule is COc1ncnc(C(C)C)c1C1CNCCCN1C. The monoisotopic (exact) mass is 264 g/mol. The number of hydrogen-bond donors (Lipinski definition) is 1. The van der Waals surface area contributed by atoms with Gasteiger partial charge in [-0.3, -0.25) is 4.90 Å². The minimum atomic E-state index is 0.274. The Hall–Kier alpha value is -1.20. The Morgan fingerprint density at radius 2 is 2.21 bits per heavy atom. The number of aromatic nitrogens is 2. The highest BCUT2D eigenvalue weighted by Gasteiger charge is 2.27. The summed E-state index contributed by atoms with van der Waals surface area (Å²) >= 11 is 0. The van der Waals surface area contributed by atoms with Gasteiger partial charge >= 0.3 is 0 Å². The largest absolute Gasteiger partial charge is 0.481 e. The van der Waals surface area contributed by atoms with Gasteiger partial charge in [0.05, 0.1) is 24.4 Å². The Kier molecular flexibility index (Phi) is 4.71. The topological polar surface area (TPSA) is 50.3 Å². The number of likely N-dealkylation sites (N-methyl/N-ethyl adjacent to an activating group) is 1. The number of nitrogens with zero attached hydrogens (tertiary/aromatic N) is 3. The van der Waals surface area contributed by atoms with E-state index in [1.807, 2.05) is 0 Å². The van der Waals surface area contributed by atoms with Gasteiger partial charge in [0.1, 0.15) is 6.33 Å². The lowest BCUT2D eigenvalue weighted by Gasteiger charge is -2.28. The second kappa shape index (κ2) is 6.30. The first-order valence-corrected chi connectivity index (χ1v) is 6.95. The summed E-state index contributed by atoms with van der Waals surface area (Å²) in [6.45, 7) is 7.38. The van der Waals surface area contributed by atoms with Crippen molar-refractivity contribution in [2.45, 2.75) is 32.2 Å². The molecule has 0 amide bonds. The Labute approximate surface area is 115 Å². The van der Waals surface area contributed by atoms with Gasteiger partial charge in [0.15, 0.2) is 0 Å². The minimum absolute atomic E-state index is 0.274. The second-order valence-electron chi connectivity index (χ2n) is 5.39. The molecule has 0 spiro atoms. The van der Waals surface area contributed by atoms with Crippen molar-refractivity contribution in [3.8, 4) is 5.88 Å². The molecule has 5 heteroatoms. The average molecular weight is 264 g/mol. The van der Waals surface area contributed by atoms with Crippen LogP contribution in [0.1, 0.15) is 43.5 Å². The summed E-state index contributed by atoms with van der Waals surface area (Å²) < 4.78 is 5.47. The molecule has 0 aliphatic carbocycles. The highest BCUT2D eigenvalue weighted by atomic mass is 16.5. The van der Waals surface area contributed by atoms with Crippen molar-refractivity contribution in [3.05, 3.63) is 17.6 Å². The van der Waals surface area contributed by atoms with Crippen molar-refractivity contribution in [1.82, 2.24) is 20.2 Å². The molecule has 106 valence electrons. The quantitative estimate of drug-likeness (QED) is 0.898. The van der Waals surface area contributed by atoms with E-state index in [0.717, 1.165) is 30.9 Å². The summed E-state index contributed by atoms with van der Waals surface area (Å²) in [7, 11) is 3.84. The lowest BCUT2D eigenvalue weighted by Crippen LogP contribution is -2.31. The molecule has 1 atom stereocenters. The van der Waals surface area contributed by atoms with Crippen LogP contribution in [0.25, 0.3) is 0 Å². The fourth-order valence-corrected chi connectivity index (χ4v) is 2.65. The smallest absolute Gasteiger partial charge is 0.221 e. The minimum Gasteiger partial charge on any atom is -0.481 e. The van der Waals surface area contributed by atoms with Crippen LogP contribution in [-0.2, 0) is 0 Å². The highest BCUT2D eigenvalue weighted by molar-refractivity contribution is 5.35. The summed E-state index contributed by atoms with van der Waals surface area (Å²) in [5.41, 5.74) is 2.23. The number of nitrogens with one attached hydrogen (secondary N) is 1. The third kappa shape index (κ3) is 3.04. The summed E-state index contributed by atoms with van der Waals surface area (Å²) in [6.07, 6.45) is 2.77. The van der Waals surface area contributed by atoms with Crippen molar-refractivity contribution < 1.29 is 4.74 Å². The molecule has 1 N–H and O–H groups in total. The first kappa shape index (κ1) is 14.2. The predicted molar refractivity (Wildman–Crippen MR) is 75.5 cm³/mol. The highest BCUT2D eigenvalue weighted by Crippen LogP contribution is 2.33. The first-order valence-electron chi connectivity index (χ1n) is 6.95. The van der Waals surface area contributed by atoms with Crippen molar-refractivity contribution in [3.63, 3.8) is 0 Å². The van der Waals surface area contributed by atoms with E-state index in [1.54, 1.807) is 13.4 Å². The molecule has 5 nitrogen and oxygen atoms in total. The Morgan fingerprint density at radius 1 is 1.42 bits per heavy atom. The fourth-order valence-electron chi connectivity index (χ4n) is 2.65. The maximum absolute atomic E-state index is 5.47. The van der Waals surface area contributed by atoms with E-state index in [4.69, 9.17) is 4.74 Å². The van der Waals surface area contributed by atoms with E-state index in [2.05, 4.69) is 41.1 Å². The molecular formula is C14H24N4O. The normalized spacial score (nSPS) is 21.4. The van der Waals surface area contributed by atoms with Gasteiger partial charge in [-0.2, -0.15) is 0 Å². The molecule has 2 rings (SSSR count). The van der Waals surface area contributed by atoms with E-state index in [1.165, 1.54) is 6.42 Å². The van der Waals surface area contributed by atoms with Gasteiger partial charge in [-0.1, -0.05) is 13.8 Å². The molecule has 1 aromatic rings. The van der Waals surface area contributed by atoms with Crippen molar-refractivity contribution in [2.75, 3.05) is 33.8 Å². The molecule has 1 fully saturated rings. The summed E-state index contributed by atoms with van der Waals surface area (Å²) in [6, 6.07) is 0.274. The molecule has 19 heavy (non-hydrogen) atoms. The third-order valence-corrected chi connectivity index (χ3v) is 3.69. The molecule has 1 aliphatic heterocycles. The van der Waals surface area contributed by atoms with Crippen molar-refractivity contribution in [1.29, 1.82) is 0 Å². The zero-order valence-corrected chi connectivity index (χ0v) is 12.3. The van der Waals surface area contributed by atoms with Gasteiger partial charge in [0.25, 0.3) is 0 Å². The van der Waals surface area contributed by atoms with Crippen LogP contribution in [0.3, 0.4) is 0 Å². The van der Waals surface area contributed by atoms with Crippen molar-refractivity contribution >= 4 is 0 Å². The van der Waals surface area contributed by atoms with Crippen LogP contribution < -0.4 is 10.1 Å². The van der Waals surface area contributed by atoms with E-state index >= 15 is 0 Å². The molecule has 1 aromatic heterocycles. The molecule has 0 saturated carbocycles. The summed E-state index contributed by atoms with van der Waals surface area (Å²) in [5, 5.41) is 3.49. The second-order valence-corrected chi connectivity index (χ2v) is 5.39. The van der Waals surface area contributed by atoms with Gasteiger partial charge in [-0.15, -0.1) is 0 Å². The number of ether oxygens (including phenoxy) is 1. The van der Waals surface area contributed by atoms with E-state index < -0.39 is 0 Å². The lowest BCUT2D eigenvalue weighted by molar-refractivity contribution is 0.250. The van der Waals surface area contributed by atoms with Crippen LogP contribution in [0.15, 0.2) is 6.33 Å². The Bertz CT molecular complexity index is 422. The van der Waals surface area contributed by atoms with Gasteiger partial charge in [-0.05, 0) is 32.5 Å². The molecule has 0 radical (unpaired) electrons. The van der Waals surface area contributed by atoms with Crippen molar-refractivity contribution in [2.24, 2.45) is 0 Å². The Morgan fingerprint density at radius 3 is 2.89 bits per heavy atom. The van der Waals surface area contributed by atoms with Crippen LogP contribution in [0, 0.1) is 0 Å². The first-order chi connectivity index (χ1) is 9.15. The standard InChI is InChI=1S/C14H24N4O/c1-10(2)13-12(14(19-4)17-9-16-13)11-8-15-6-5-7-18(11)3/h9-11,15H,5-8H2,1-4H3. The molecule has 1 saturated heterocycles. The zero-order chi connectivity index (χ0) is 13.8. The molecule has 0 bridgehead atoms. The summed E-state index contributed by atoms with van der Waals surface area (Å²) in [4.78, 5) is 11.1. The van der Waals surface area contributed by atoms with E-state index in [9.17, 15) is 0 Å². The van der Waals surface area contributed by atoms with Gasteiger partial charge in [-0.25, -0.2) is 9.97 Å². The van der Waals surface area contributed by atoms with Gasteiger partial charge < -0.3 is 10.1 Å². The number of hydrogen-bond acceptors (Lipinski definition) is 5. The van der Waals surface area contributed by atoms with Gasteiger partial charge in [0, 0.05) is 6.54 Å². The maximum Gasteiger partial charge on any atom is 0.221 e. The maximum atomic E-state index is 5.47. The third-order valence-electron chi connectivity index (χ3n) is 3.69. The molecule has 1 unspecified atom stereocenters. The zero-order valence-electron chi connectivity index (χ0n) is 12.3. The van der Waals surface area contributed by atoms with Crippen LogP contribution in [-0.4, -0.2) is 48.7 Å². The predicted octanol–water partition coefficient (Wildman–Crippen LogP) is 1.57. The van der Waals surface area contributed by atoms with Crippen LogP contribution in [0.5, 0.6) is 5.88 Å². The van der Waals surface area contributed by atoms with Crippen LogP contribution in [0.4, 0.5) is 0 Å². The fraction of sp³-hybridized carbons (Fsp3) is 0.714. The molecule has 2 heterocycles. The average Bonchev–Trinajstić information content (AvgIpc) is 2.62. The molecular weight excluding hydrogens is 240 g/mol. The van der Waals surface area contributed by atoms with Crippen LogP contribution >= 0.6 is 0 Å². The van der Waals surface area contributed by atoms with Gasteiger partial charge in [0.2, 0.25) is 5.88 Å².